The fourth-order valence-electron chi connectivity index (χ4n) is 3.62. The van der Waals surface area contributed by atoms with Crippen LogP contribution in [0.4, 0.5) is 0 Å². The van der Waals surface area contributed by atoms with Crippen LogP contribution >= 0.6 is 11.8 Å². The Morgan fingerprint density at radius 1 is 1.40 bits per heavy atom. The van der Waals surface area contributed by atoms with Gasteiger partial charge in [0.1, 0.15) is 0 Å². The molecular weight excluding hydrogens is 268 g/mol. The van der Waals surface area contributed by atoms with E-state index >= 15 is 0 Å². The highest BCUT2D eigenvalue weighted by Gasteiger charge is 2.50. The zero-order valence-electron chi connectivity index (χ0n) is 13.7. The van der Waals surface area contributed by atoms with Crippen LogP contribution in [-0.4, -0.2) is 40.1 Å². The molecule has 2 aliphatic rings. The number of thioether (sulfide) groups is 1. The number of amides is 1. The lowest BCUT2D eigenvalue weighted by Crippen LogP contribution is -2.47. The Balaban J connectivity index is 2.21. The summed E-state index contributed by atoms with van der Waals surface area (Å²) in [4.78, 5) is 15.0. The molecular formula is C16H30N2OS. The first-order chi connectivity index (χ1) is 9.37. The smallest absolute Gasteiger partial charge is 0.243 e. The average molecular weight is 298 g/mol. The van der Waals surface area contributed by atoms with E-state index in [9.17, 15) is 4.79 Å². The van der Waals surface area contributed by atoms with E-state index in [1.54, 1.807) is 0 Å². The molecule has 20 heavy (non-hydrogen) atoms. The van der Waals surface area contributed by atoms with Crippen LogP contribution in [0.2, 0.25) is 0 Å². The molecule has 0 spiro atoms. The van der Waals surface area contributed by atoms with Gasteiger partial charge in [-0.2, -0.15) is 11.8 Å². The Kier molecular flexibility index (Phi) is 4.75. The molecule has 0 aromatic heterocycles. The van der Waals surface area contributed by atoms with Gasteiger partial charge in [0.25, 0.3) is 0 Å². The highest BCUT2D eigenvalue weighted by molar-refractivity contribution is 8.00. The molecule has 4 heteroatoms. The third kappa shape index (κ3) is 2.74. The first-order valence-corrected chi connectivity index (χ1v) is 9.24. The van der Waals surface area contributed by atoms with Gasteiger partial charge in [0.05, 0.1) is 11.7 Å². The minimum Gasteiger partial charge on any atom is -0.324 e. The van der Waals surface area contributed by atoms with Gasteiger partial charge in [-0.15, -0.1) is 0 Å². The van der Waals surface area contributed by atoms with Crippen molar-refractivity contribution in [1.29, 1.82) is 0 Å². The van der Waals surface area contributed by atoms with Crippen LogP contribution in [0.15, 0.2) is 0 Å². The molecule has 1 aliphatic carbocycles. The lowest BCUT2D eigenvalue weighted by molar-refractivity contribution is -0.133. The van der Waals surface area contributed by atoms with Crippen molar-refractivity contribution in [2.45, 2.75) is 76.3 Å². The number of hydrogen-bond donors (Lipinski definition) is 1. The quantitative estimate of drug-likeness (QED) is 0.845. The fraction of sp³-hybridized carbons (Fsp3) is 0.938. The Bertz CT molecular complexity index is 365. The van der Waals surface area contributed by atoms with Crippen molar-refractivity contribution in [1.82, 2.24) is 10.2 Å². The molecule has 1 amide bonds. The molecule has 0 aromatic carbocycles. The van der Waals surface area contributed by atoms with Gasteiger partial charge >= 0.3 is 0 Å². The topological polar surface area (TPSA) is 32.3 Å². The second kappa shape index (κ2) is 5.88. The molecule has 2 rings (SSSR count). The molecule has 0 aromatic rings. The third-order valence-corrected chi connectivity index (χ3v) is 6.68. The monoisotopic (exact) mass is 298 g/mol. The molecule has 1 aliphatic heterocycles. The molecule has 1 saturated heterocycles. The van der Waals surface area contributed by atoms with Crippen LogP contribution in [0.5, 0.6) is 0 Å². The normalized spacial score (nSPS) is 33.4. The number of carbonyl (C=O) groups is 1. The van der Waals surface area contributed by atoms with E-state index in [0.717, 1.165) is 13.0 Å². The molecule has 1 N–H and O–H groups in total. The number of nitrogens with zero attached hydrogens (tertiary/aromatic N) is 1. The van der Waals surface area contributed by atoms with Gasteiger partial charge in [-0.05, 0) is 38.4 Å². The van der Waals surface area contributed by atoms with Gasteiger partial charge in [0.2, 0.25) is 5.91 Å². The summed E-state index contributed by atoms with van der Waals surface area (Å²) in [6.07, 6.45) is 8.40. The van der Waals surface area contributed by atoms with Crippen molar-refractivity contribution in [3.63, 3.8) is 0 Å². The maximum atomic E-state index is 12.9. The second-order valence-electron chi connectivity index (χ2n) is 7.05. The van der Waals surface area contributed by atoms with Crippen LogP contribution in [0, 0.1) is 5.92 Å². The zero-order chi connectivity index (χ0) is 15.0. The van der Waals surface area contributed by atoms with Crippen LogP contribution in [0.3, 0.4) is 0 Å². The van der Waals surface area contributed by atoms with Gasteiger partial charge in [-0.1, -0.05) is 33.6 Å². The Morgan fingerprint density at radius 3 is 2.45 bits per heavy atom. The van der Waals surface area contributed by atoms with Gasteiger partial charge in [-0.25, -0.2) is 0 Å². The summed E-state index contributed by atoms with van der Waals surface area (Å²) >= 11 is 1.97. The van der Waals surface area contributed by atoms with E-state index < -0.39 is 0 Å². The highest BCUT2D eigenvalue weighted by atomic mass is 32.2. The second-order valence-corrected chi connectivity index (χ2v) is 8.32. The first kappa shape index (κ1) is 16.2. The SMILES string of the molecule is CCC1(C)NC(C(C)C)N(CC2(SC)CCCC2)C1=O. The summed E-state index contributed by atoms with van der Waals surface area (Å²) in [5.41, 5.74) is -0.368. The molecule has 3 nitrogen and oxygen atoms in total. The van der Waals surface area contributed by atoms with E-state index in [-0.39, 0.29) is 11.7 Å². The van der Waals surface area contributed by atoms with E-state index in [1.807, 2.05) is 11.8 Å². The number of hydrogen-bond acceptors (Lipinski definition) is 3. The lowest BCUT2D eigenvalue weighted by atomic mass is 9.98. The van der Waals surface area contributed by atoms with Crippen molar-refractivity contribution in [3.05, 3.63) is 0 Å². The standard InChI is InChI=1S/C16H30N2OS/c1-6-15(4)14(19)18(13(17-15)12(2)3)11-16(20-5)9-7-8-10-16/h12-13,17H,6-11H2,1-5H3. The molecule has 1 heterocycles. The molecule has 116 valence electrons. The van der Waals surface area contributed by atoms with E-state index in [4.69, 9.17) is 0 Å². The molecule has 2 atom stereocenters. The summed E-state index contributed by atoms with van der Waals surface area (Å²) in [6.45, 7) is 9.49. The molecule has 2 unspecified atom stereocenters. The molecule has 0 radical (unpaired) electrons. The predicted octanol–water partition coefficient (Wildman–Crippen LogP) is 3.24. The average Bonchev–Trinajstić information content (AvgIpc) is 2.99. The first-order valence-electron chi connectivity index (χ1n) is 8.01. The van der Waals surface area contributed by atoms with Crippen LogP contribution in [0.1, 0.15) is 59.8 Å². The summed E-state index contributed by atoms with van der Waals surface area (Å²) in [5, 5.41) is 3.60. The minimum absolute atomic E-state index is 0.192. The Labute approximate surface area is 128 Å². The molecule has 0 bridgehead atoms. The lowest BCUT2D eigenvalue weighted by Gasteiger charge is -2.36. The van der Waals surface area contributed by atoms with Crippen molar-refractivity contribution < 1.29 is 4.79 Å². The Hall–Kier alpha value is -0.220. The number of carbonyl (C=O) groups excluding carboxylic acids is 1. The number of nitrogens with one attached hydrogen (secondary N) is 1. The third-order valence-electron chi connectivity index (χ3n) is 5.28. The maximum Gasteiger partial charge on any atom is 0.243 e. The Morgan fingerprint density at radius 2 is 2.00 bits per heavy atom. The van der Waals surface area contributed by atoms with Gasteiger partial charge in [-0.3, -0.25) is 10.1 Å². The summed E-state index contributed by atoms with van der Waals surface area (Å²) in [7, 11) is 0. The minimum atomic E-state index is -0.368. The van der Waals surface area contributed by atoms with Crippen molar-refractivity contribution >= 4 is 17.7 Å². The van der Waals surface area contributed by atoms with Gasteiger partial charge < -0.3 is 4.90 Å². The maximum absolute atomic E-state index is 12.9. The highest BCUT2D eigenvalue weighted by Crippen LogP contribution is 2.42. The summed E-state index contributed by atoms with van der Waals surface area (Å²) in [5.74, 6) is 0.756. The number of rotatable bonds is 5. The predicted molar refractivity (Wildman–Crippen MR) is 86.9 cm³/mol. The van der Waals surface area contributed by atoms with Crippen LogP contribution in [0.25, 0.3) is 0 Å². The van der Waals surface area contributed by atoms with Crippen LogP contribution in [-0.2, 0) is 4.79 Å². The van der Waals surface area contributed by atoms with E-state index in [0.29, 0.717) is 16.6 Å². The van der Waals surface area contributed by atoms with E-state index in [1.165, 1.54) is 25.7 Å². The fourth-order valence-corrected chi connectivity index (χ4v) is 4.58. The summed E-state index contributed by atoms with van der Waals surface area (Å²) < 4.78 is 0.295. The van der Waals surface area contributed by atoms with E-state index in [2.05, 4.69) is 44.2 Å². The molecule has 1 saturated carbocycles. The molecule has 2 fully saturated rings. The van der Waals surface area contributed by atoms with Gasteiger partial charge in [0, 0.05) is 11.3 Å². The van der Waals surface area contributed by atoms with Crippen LogP contribution < -0.4 is 5.32 Å². The van der Waals surface area contributed by atoms with Crippen molar-refractivity contribution in [2.75, 3.05) is 12.8 Å². The largest absolute Gasteiger partial charge is 0.324 e. The van der Waals surface area contributed by atoms with Crippen molar-refractivity contribution in [3.8, 4) is 0 Å². The van der Waals surface area contributed by atoms with Crippen molar-refractivity contribution in [2.24, 2.45) is 5.92 Å². The van der Waals surface area contributed by atoms with Gasteiger partial charge in [0.15, 0.2) is 0 Å². The summed E-state index contributed by atoms with van der Waals surface area (Å²) in [6, 6.07) is 0. The zero-order valence-corrected chi connectivity index (χ0v) is 14.5.